The Kier molecular flexibility index (Phi) is 3.78. The van der Waals surface area contributed by atoms with Gasteiger partial charge in [-0.2, -0.15) is 0 Å². The van der Waals surface area contributed by atoms with Crippen LogP contribution in [0.25, 0.3) is 0 Å². The van der Waals surface area contributed by atoms with Gasteiger partial charge in [0.05, 0.1) is 6.42 Å². The number of hydrogen-bond acceptors (Lipinski definition) is 2. The Morgan fingerprint density at radius 1 is 1.37 bits per heavy atom. The molecule has 0 unspecified atom stereocenters. The van der Waals surface area contributed by atoms with E-state index in [1.54, 1.807) is 0 Å². The maximum absolute atomic E-state index is 13.5. The van der Waals surface area contributed by atoms with Gasteiger partial charge < -0.3 is 10.4 Å². The number of carbonyl (C=O) groups is 2. The minimum Gasteiger partial charge on any atom is -0.481 e. The van der Waals surface area contributed by atoms with Crippen LogP contribution in [0.2, 0.25) is 0 Å². The lowest BCUT2D eigenvalue weighted by molar-refractivity contribution is -0.136. The maximum Gasteiger partial charge on any atom is 0.305 e. The highest BCUT2D eigenvalue weighted by atomic mass is 19.1. The van der Waals surface area contributed by atoms with Gasteiger partial charge in [0.1, 0.15) is 11.6 Å². The summed E-state index contributed by atoms with van der Waals surface area (Å²) in [5.41, 5.74) is 0.207. The quantitative estimate of drug-likeness (QED) is 0.854. The third kappa shape index (κ3) is 3.27. The Hall–Kier alpha value is -1.98. The molecule has 1 aromatic carbocycles. The van der Waals surface area contributed by atoms with Crippen molar-refractivity contribution >= 4 is 11.9 Å². The fraction of sp³-hybridized carbons (Fsp3) is 0.385. The molecular weight excluding hydrogens is 256 g/mol. The number of carboxylic acid groups (broad SMARTS) is 1. The molecule has 1 amide bonds. The molecule has 19 heavy (non-hydrogen) atoms. The zero-order valence-corrected chi connectivity index (χ0v) is 10.0. The van der Waals surface area contributed by atoms with Crippen molar-refractivity contribution < 1.29 is 23.5 Å². The topological polar surface area (TPSA) is 66.4 Å². The second kappa shape index (κ2) is 5.34. The fourth-order valence-electron chi connectivity index (χ4n) is 2.05. The third-order valence-electron chi connectivity index (χ3n) is 3.12. The number of halogens is 2. The van der Waals surface area contributed by atoms with E-state index in [1.165, 1.54) is 0 Å². The molecule has 2 N–H and O–H groups in total. The maximum atomic E-state index is 13.5. The first-order valence-corrected chi connectivity index (χ1v) is 5.93. The van der Waals surface area contributed by atoms with Gasteiger partial charge in [0.15, 0.2) is 0 Å². The van der Waals surface area contributed by atoms with E-state index in [1.807, 2.05) is 0 Å². The highest BCUT2D eigenvalue weighted by molar-refractivity contribution is 5.83. The Balaban J connectivity index is 1.91. The summed E-state index contributed by atoms with van der Waals surface area (Å²) in [6.07, 6.45) is 0.302. The van der Waals surface area contributed by atoms with E-state index in [-0.39, 0.29) is 30.4 Å². The van der Waals surface area contributed by atoms with E-state index in [9.17, 15) is 18.4 Å². The molecule has 2 rings (SSSR count). The second-order valence-corrected chi connectivity index (χ2v) is 4.55. The van der Waals surface area contributed by atoms with E-state index in [0.717, 1.165) is 18.2 Å². The van der Waals surface area contributed by atoms with Crippen molar-refractivity contribution in [2.24, 2.45) is 5.92 Å². The molecular formula is C13H13F2NO3. The average molecular weight is 269 g/mol. The third-order valence-corrected chi connectivity index (χ3v) is 3.12. The Morgan fingerprint density at radius 3 is 2.79 bits per heavy atom. The summed E-state index contributed by atoms with van der Waals surface area (Å²) in [6.45, 7) is 0.0447. The van der Waals surface area contributed by atoms with Crippen molar-refractivity contribution in [3.63, 3.8) is 0 Å². The van der Waals surface area contributed by atoms with Gasteiger partial charge in [-0.15, -0.1) is 0 Å². The first-order valence-electron chi connectivity index (χ1n) is 5.93. The molecule has 0 aromatic heterocycles. The summed E-state index contributed by atoms with van der Waals surface area (Å²) < 4.78 is 26.5. The molecule has 0 radical (unpaired) electrons. The lowest BCUT2D eigenvalue weighted by Crippen LogP contribution is -2.27. The smallest absolute Gasteiger partial charge is 0.305 e. The van der Waals surface area contributed by atoms with Crippen LogP contribution in [0.3, 0.4) is 0 Å². The van der Waals surface area contributed by atoms with Crippen molar-refractivity contribution in [1.82, 2.24) is 5.32 Å². The van der Waals surface area contributed by atoms with Gasteiger partial charge in [-0.25, -0.2) is 8.78 Å². The Morgan fingerprint density at radius 2 is 2.11 bits per heavy atom. The molecule has 0 aliphatic heterocycles. The van der Waals surface area contributed by atoms with E-state index < -0.39 is 23.5 Å². The van der Waals surface area contributed by atoms with Gasteiger partial charge in [-0.1, -0.05) is 0 Å². The molecule has 1 aromatic rings. The number of benzene rings is 1. The SMILES string of the molecule is O=C(O)CCNC(=O)[C@@H]1C[C@H]1c1cc(F)ccc1F. The van der Waals surface area contributed by atoms with Crippen LogP contribution >= 0.6 is 0 Å². The van der Waals surface area contributed by atoms with Crippen LogP contribution in [0.4, 0.5) is 8.78 Å². The largest absolute Gasteiger partial charge is 0.481 e. The van der Waals surface area contributed by atoms with Crippen LogP contribution in [0.5, 0.6) is 0 Å². The van der Waals surface area contributed by atoms with Crippen LogP contribution in [-0.4, -0.2) is 23.5 Å². The molecule has 0 bridgehead atoms. The molecule has 1 fully saturated rings. The van der Waals surface area contributed by atoms with E-state index in [0.29, 0.717) is 6.42 Å². The zero-order valence-electron chi connectivity index (χ0n) is 10.0. The summed E-state index contributed by atoms with van der Waals surface area (Å²) in [6, 6.07) is 3.18. The predicted molar refractivity (Wildman–Crippen MR) is 62.5 cm³/mol. The summed E-state index contributed by atoms with van der Waals surface area (Å²) in [5.74, 6) is -3.08. The summed E-state index contributed by atoms with van der Waals surface area (Å²) >= 11 is 0. The van der Waals surface area contributed by atoms with Gasteiger partial charge in [-0.05, 0) is 36.1 Å². The van der Waals surface area contributed by atoms with E-state index in [2.05, 4.69) is 5.32 Å². The minimum atomic E-state index is -0.996. The van der Waals surface area contributed by atoms with Crippen molar-refractivity contribution in [2.75, 3.05) is 6.54 Å². The number of aliphatic carboxylic acids is 1. The summed E-state index contributed by atoms with van der Waals surface area (Å²) in [4.78, 5) is 21.9. The molecule has 102 valence electrons. The van der Waals surface area contributed by atoms with Crippen LogP contribution in [0.15, 0.2) is 18.2 Å². The van der Waals surface area contributed by atoms with E-state index >= 15 is 0 Å². The number of nitrogens with one attached hydrogen (secondary N) is 1. The van der Waals surface area contributed by atoms with Crippen LogP contribution in [-0.2, 0) is 9.59 Å². The second-order valence-electron chi connectivity index (χ2n) is 4.55. The Labute approximate surface area is 108 Å². The van der Waals surface area contributed by atoms with Crippen LogP contribution in [0.1, 0.15) is 24.3 Å². The van der Waals surface area contributed by atoms with Gasteiger partial charge >= 0.3 is 5.97 Å². The van der Waals surface area contributed by atoms with Crippen molar-refractivity contribution in [2.45, 2.75) is 18.8 Å². The highest BCUT2D eigenvalue weighted by Gasteiger charge is 2.45. The average Bonchev–Trinajstić information content (AvgIpc) is 3.11. The first kappa shape index (κ1) is 13.5. The lowest BCUT2D eigenvalue weighted by atomic mass is 10.1. The molecule has 0 heterocycles. The van der Waals surface area contributed by atoms with Crippen molar-refractivity contribution in [1.29, 1.82) is 0 Å². The minimum absolute atomic E-state index is 0.0447. The molecule has 0 spiro atoms. The van der Waals surface area contributed by atoms with Gasteiger partial charge in [0.2, 0.25) is 5.91 Å². The number of carbonyl (C=O) groups excluding carboxylic acids is 1. The van der Waals surface area contributed by atoms with Gasteiger partial charge in [-0.3, -0.25) is 9.59 Å². The standard InChI is InChI=1S/C13H13F2NO3/c14-7-1-2-11(15)9(5-7)8-6-10(8)13(19)16-4-3-12(17)18/h1-2,5,8,10H,3-4,6H2,(H,16,19)(H,17,18)/t8-,10+/m0/s1. The van der Waals surface area contributed by atoms with Crippen LogP contribution < -0.4 is 5.32 Å². The molecule has 0 saturated heterocycles. The fourth-order valence-corrected chi connectivity index (χ4v) is 2.05. The summed E-state index contributed by atoms with van der Waals surface area (Å²) in [5, 5.41) is 10.9. The number of rotatable bonds is 5. The zero-order chi connectivity index (χ0) is 14.0. The monoisotopic (exact) mass is 269 g/mol. The predicted octanol–water partition coefficient (Wildman–Crippen LogP) is 1.66. The first-order chi connectivity index (χ1) is 8.99. The van der Waals surface area contributed by atoms with Gasteiger partial charge in [0.25, 0.3) is 0 Å². The van der Waals surface area contributed by atoms with Crippen molar-refractivity contribution in [3.05, 3.63) is 35.4 Å². The number of amides is 1. The Bertz CT molecular complexity index is 519. The van der Waals surface area contributed by atoms with E-state index in [4.69, 9.17) is 5.11 Å². The molecule has 1 aliphatic carbocycles. The molecule has 1 saturated carbocycles. The molecule has 6 heteroatoms. The highest BCUT2D eigenvalue weighted by Crippen LogP contribution is 2.48. The van der Waals surface area contributed by atoms with Gasteiger partial charge in [0, 0.05) is 12.5 Å². The molecule has 4 nitrogen and oxygen atoms in total. The van der Waals surface area contributed by atoms with Crippen LogP contribution in [0, 0.1) is 17.6 Å². The normalized spacial score (nSPS) is 20.9. The number of carboxylic acids is 1. The number of hydrogen-bond donors (Lipinski definition) is 2. The molecule has 1 aliphatic rings. The van der Waals surface area contributed by atoms with Crippen molar-refractivity contribution in [3.8, 4) is 0 Å². The lowest BCUT2D eigenvalue weighted by Gasteiger charge is -2.04. The summed E-state index contributed by atoms with van der Waals surface area (Å²) in [7, 11) is 0. The molecule has 2 atom stereocenters.